The standard InChI is InChI=1S/C20H21ClN2O3/c1-23(2)20(26)16-12-11-15(13-17(16)21)22-19(25)10-6-9-18(24)14-7-4-3-5-8-14/h3-5,7-8,11-13H,6,9-10H2,1-2H3,(H,22,25). The molecule has 2 rings (SSSR count). The van der Waals surface area contributed by atoms with Crippen molar-refractivity contribution < 1.29 is 14.4 Å². The highest BCUT2D eigenvalue weighted by atomic mass is 35.5. The maximum Gasteiger partial charge on any atom is 0.254 e. The van der Waals surface area contributed by atoms with Crippen molar-refractivity contribution in [2.75, 3.05) is 19.4 Å². The fourth-order valence-corrected chi connectivity index (χ4v) is 2.67. The van der Waals surface area contributed by atoms with Crippen molar-refractivity contribution in [1.29, 1.82) is 0 Å². The molecule has 0 aliphatic heterocycles. The van der Waals surface area contributed by atoms with Crippen molar-refractivity contribution in [1.82, 2.24) is 4.90 Å². The number of carbonyl (C=O) groups excluding carboxylic acids is 3. The van der Waals surface area contributed by atoms with Crippen molar-refractivity contribution in [2.45, 2.75) is 19.3 Å². The van der Waals surface area contributed by atoms with Crippen molar-refractivity contribution >= 4 is 34.9 Å². The fourth-order valence-electron chi connectivity index (χ4n) is 2.41. The molecule has 5 nitrogen and oxygen atoms in total. The number of amides is 2. The lowest BCUT2D eigenvalue weighted by Gasteiger charge is -2.12. The van der Waals surface area contributed by atoms with Crippen molar-refractivity contribution in [2.24, 2.45) is 0 Å². The molecule has 0 heterocycles. The summed E-state index contributed by atoms with van der Waals surface area (Å²) >= 11 is 6.12. The van der Waals surface area contributed by atoms with Gasteiger partial charge < -0.3 is 10.2 Å². The van der Waals surface area contributed by atoms with Gasteiger partial charge in [-0.2, -0.15) is 0 Å². The summed E-state index contributed by atoms with van der Waals surface area (Å²) in [7, 11) is 3.29. The third-order valence-corrected chi connectivity index (χ3v) is 4.11. The van der Waals surface area contributed by atoms with Crippen LogP contribution in [0.3, 0.4) is 0 Å². The van der Waals surface area contributed by atoms with Crippen LogP contribution in [0.15, 0.2) is 48.5 Å². The average molecular weight is 373 g/mol. The number of ketones is 1. The number of hydrogen-bond acceptors (Lipinski definition) is 3. The number of rotatable bonds is 7. The Morgan fingerprint density at radius 1 is 1.00 bits per heavy atom. The maximum absolute atomic E-state index is 12.0. The first-order chi connectivity index (χ1) is 12.4. The van der Waals surface area contributed by atoms with E-state index in [0.29, 0.717) is 29.7 Å². The predicted octanol–water partition coefficient (Wildman–Crippen LogP) is 4.03. The van der Waals surface area contributed by atoms with Gasteiger partial charge in [-0.1, -0.05) is 41.9 Å². The molecule has 2 aromatic rings. The van der Waals surface area contributed by atoms with E-state index in [-0.39, 0.29) is 29.0 Å². The molecule has 26 heavy (non-hydrogen) atoms. The Morgan fingerprint density at radius 3 is 2.31 bits per heavy atom. The molecule has 0 saturated heterocycles. The lowest BCUT2D eigenvalue weighted by molar-refractivity contribution is -0.116. The van der Waals surface area contributed by atoms with Crippen LogP contribution in [0.1, 0.15) is 40.0 Å². The first-order valence-corrected chi connectivity index (χ1v) is 8.65. The third-order valence-electron chi connectivity index (χ3n) is 3.79. The monoisotopic (exact) mass is 372 g/mol. The molecule has 2 aromatic carbocycles. The summed E-state index contributed by atoms with van der Waals surface area (Å²) < 4.78 is 0. The Morgan fingerprint density at radius 2 is 1.69 bits per heavy atom. The van der Waals surface area contributed by atoms with Crippen molar-refractivity contribution in [3.05, 3.63) is 64.7 Å². The number of nitrogens with one attached hydrogen (secondary N) is 1. The van der Waals surface area contributed by atoms with Gasteiger partial charge >= 0.3 is 0 Å². The maximum atomic E-state index is 12.0. The van der Waals surface area contributed by atoms with Crippen LogP contribution in [-0.2, 0) is 4.79 Å². The van der Waals surface area contributed by atoms with E-state index in [4.69, 9.17) is 11.6 Å². The van der Waals surface area contributed by atoms with Gasteiger partial charge in [0, 0.05) is 38.2 Å². The third kappa shape index (κ3) is 5.43. The first-order valence-electron chi connectivity index (χ1n) is 8.28. The van der Waals surface area contributed by atoms with Crippen LogP contribution in [0.2, 0.25) is 5.02 Å². The summed E-state index contributed by atoms with van der Waals surface area (Å²) in [5, 5.41) is 3.01. The molecule has 0 unspecified atom stereocenters. The van der Waals surface area contributed by atoms with Gasteiger partial charge in [-0.05, 0) is 24.6 Å². The molecule has 6 heteroatoms. The van der Waals surface area contributed by atoms with E-state index < -0.39 is 0 Å². The second-order valence-electron chi connectivity index (χ2n) is 6.09. The molecule has 0 aliphatic carbocycles. The van der Waals surface area contributed by atoms with E-state index in [1.165, 1.54) is 4.90 Å². The van der Waals surface area contributed by atoms with E-state index in [0.717, 1.165) is 0 Å². The van der Waals surface area contributed by atoms with Gasteiger partial charge in [0.05, 0.1) is 10.6 Å². The summed E-state index contributed by atoms with van der Waals surface area (Å²) in [5.41, 5.74) is 1.55. The number of Topliss-reactive ketones (excluding diaryl/α,β-unsaturated/α-hetero) is 1. The molecular weight excluding hydrogens is 352 g/mol. The molecule has 0 saturated carbocycles. The largest absolute Gasteiger partial charge is 0.345 e. The number of nitrogens with zero attached hydrogens (tertiary/aromatic N) is 1. The zero-order valence-electron chi connectivity index (χ0n) is 14.8. The van der Waals surface area contributed by atoms with Crippen LogP contribution in [-0.4, -0.2) is 36.6 Å². The molecule has 0 bridgehead atoms. The second kappa shape index (κ2) is 9.15. The molecule has 1 N–H and O–H groups in total. The number of halogens is 1. The van der Waals surface area contributed by atoms with Gasteiger partial charge in [0.15, 0.2) is 5.78 Å². The Labute approximate surface area is 158 Å². The molecule has 0 atom stereocenters. The highest BCUT2D eigenvalue weighted by Gasteiger charge is 2.13. The predicted molar refractivity (Wildman–Crippen MR) is 103 cm³/mol. The van der Waals surface area contributed by atoms with E-state index >= 15 is 0 Å². The molecule has 2 amide bonds. The van der Waals surface area contributed by atoms with E-state index in [1.54, 1.807) is 44.4 Å². The van der Waals surface area contributed by atoms with Crippen molar-refractivity contribution in [3.8, 4) is 0 Å². The Balaban J connectivity index is 1.85. The average Bonchev–Trinajstić information content (AvgIpc) is 2.62. The first kappa shape index (κ1) is 19.7. The van der Waals surface area contributed by atoms with Crippen LogP contribution in [0.5, 0.6) is 0 Å². The SMILES string of the molecule is CN(C)C(=O)c1ccc(NC(=O)CCCC(=O)c2ccccc2)cc1Cl. The van der Waals surface area contributed by atoms with E-state index in [1.807, 2.05) is 18.2 Å². The Bertz CT molecular complexity index is 804. The van der Waals surface area contributed by atoms with Crippen LogP contribution < -0.4 is 5.32 Å². The lowest BCUT2D eigenvalue weighted by atomic mass is 10.1. The molecule has 0 radical (unpaired) electrons. The second-order valence-corrected chi connectivity index (χ2v) is 6.49. The number of carbonyl (C=O) groups is 3. The summed E-state index contributed by atoms with van der Waals surface area (Å²) in [6, 6.07) is 13.8. The molecule has 0 aliphatic rings. The Hall–Kier alpha value is -2.66. The minimum Gasteiger partial charge on any atom is -0.345 e. The lowest BCUT2D eigenvalue weighted by Crippen LogP contribution is -2.22. The van der Waals surface area contributed by atoms with Gasteiger partial charge in [0.2, 0.25) is 5.91 Å². The molecular formula is C20H21ClN2O3. The number of benzene rings is 2. The van der Waals surface area contributed by atoms with Gasteiger partial charge in [-0.15, -0.1) is 0 Å². The zero-order chi connectivity index (χ0) is 19.1. The summed E-state index contributed by atoms with van der Waals surface area (Å²) in [4.78, 5) is 37.4. The zero-order valence-corrected chi connectivity index (χ0v) is 15.5. The van der Waals surface area contributed by atoms with E-state index in [2.05, 4.69) is 5.32 Å². The van der Waals surface area contributed by atoms with Crippen LogP contribution in [0, 0.1) is 0 Å². The minimum absolute atomic E-state index is 0.0213. The summed E-state index contributed by atoms with van der Waals surface area (Å²) in [6.45, 7) is 0. The number of hydrogen-bond donors (Lipinski definition) is 1. The van der Waals surface area contributed by atoms with Gasteiger partial charge in [0.25, 0.3) is 5.91 Å². The summed E-state index contributed by atoms with van der Waals surface area (Å²) in [5.74, 6) is -0.381. The smallest absolute Gasteiger partial charge is 0.254 e. The molecule has 0 fully saturated rings. The van der Waals surface area contributed by atoms with Gasteiger partial charge in [-0.25, -0.2) is 0 Å². The highest BCUT2D eigenvalue weighted by Crippen LogP contribution is 2.22. The molecule has 0 aromatic heterocycles. The quantitative estimate of drug-likeness (QED) is 0.746. The van der Waals surface area contributed by atoms with E-state index in [9.17, 15) is 14.4 Å². The van der Waals surface area contributed by atoms with Crippen molar-refractivity contribution in [3.63, 3.8) is 0 Å². The minimum atomic E-state index is -0.202. The van der Waals surface area contributed by atoms with Crippen LogP contribution >= 0.6 is 11.6 Å². The van der Waals surface area contributed by atoms with Gasteiger partial charge in [0.1, 0.15) is 0 Å². The highest BCUT2D eigenvalue weighted by molar-refractivity contribution is 6.34. The Kier molecular flexibility index (Phi) is 6.92. The van der Waals surface area contributed by atoms with Crippen LogP contribution in [0.25, 0.3) is 0 Å². The normalized spacial score (nSPS) is 10.3. The summed E-state index contributed by atoms with van der Waals surface area (Å²) in [6.07, 6.45) is 1.01. The van der Waals surface area contributed by atoms with Gasteiger partial charge in [-0.3, -0.25) is 14.4 Å². The molecule has 136 valence electrons. The fraction of sp³-hybridized carbons (Fsp3) is 0.250. The number of anilines is 1. The topological polar surface area (TPSA) is 66.5 Å². The van der Waals surface area contributed by atoms with Crippen LogP contribution in [0.4, 0.5) is 5.69 Å². The molecule has 0 spiro atoms.